The molecule has 5 nitrogen and oxygen atoms in total. The molecule has 2 atom stereocenters. The number of ether oxygens (including phenoxy) is 2. The molecule has 0 amide bonds. The van der Waals surface area contributed by atoms with E-state index in [0.29, 0.717) is 19.8 Å². The topological polar surface area (TPSA) is 54.0 Å². The summed E-state index contributed by atoms with van der Waals surface area (Å²) in [7, 11) is 4.13. The molecule has 1 aliphatic rings. The summed E-state index contributed by atoms with van der Waals surface area (Å²) in [6.07, 6.45) is 3.12. The van der Waals surface area contributed by atoms with Gasteiger partial charge < -0.3 is 24.8 Å². The van der Waals surface area contributed by atoms with E-state index in [2.05, 4.69) is 24.3 Å². The van der Waals surface area contributed by atoms with Crippen molar-refractivity contribution in [2.45, 2.75) is 31.5 Å². The van der Waals surface area contributed by atoms with Gasteiger partial charge in [-0.15, -0.1) is 0 Å². The average Bonchev–Trinajstić information content (AvgIpc) is 2.81. The van der Waals surface area contributed by atoms with Crippen molar-refractivity contribution in [1.82, 2.24) is 10.2 Å². The third-order valence-electron chi connectivity index (χ3n) is 2.98. The van der Waals surface area contributed by atoms with Gasteiger partial charge >= 0.3 is 0 Å². The minimum atomic E-state index is -0.425. The largest absolute Gasteiger partial charge is 0.389 e. The van der Waals surface area contributed by atoms with Crippen molar-refractivity contribution in [3.05, 3.63) is 0 Å². The summed E-state index contributed by atoms with van der Waals surface area (Å²) < 4.78 is 10.9. The smallest absolute Gasteiger partial charge is 0.0897 e. The normalized spacial score (nSPS) is 21.7. The molecule has 0 spiro atoms. The lowest BCUT2D eigenvalue weighted by Gasteiger charge is -2.15. The molecule has 1 aliphatic heterocycles. The molecule has 0 aromatic rings. The lowest BCUT2D eigenvalue weighted by molar-refractivity contribution is -0.0163. The first-order valence-corrected chi connectivity index (χ1v) is 6.91. The maximum absolute atomic E-state index is 9.69. The summed E-state index contributed by atoms with van der Waals surface area (Å²) >= 11 is 0. The molecule has 1 saturated heterocycles. The number of nitrogens with one attached hydrogen (secondary N) is 1. The van der Waals surface area contributed by atoms with E-state index in [-0.39, 0.29) is 6.10 Å². The standard InChI is InChI=1S/C13H28N2O3/c1-15(2)7-4-6-14-9-12(16)10-17-11-13-5-3-8-18-13/h12-14,16H,3-11H2,1-2H3. The molecular formula is C13H28N2O3. The number of rotatable bonds is 10. The molecule has 2 unspecified atom stereocenters. The molecule has 0 aromatic carbocycles. The first kappa shape index (κ1) is 15.9. The van der Waals surface area contributed by atoms with Crippen LogP contribution in [0, 0.1) is 0 Å². The third kappa shape index (κ3) is 8.00. The number of nitrogens with zero attached hydrogens (tertiary/aromatic N) is 1. The summed E-state index contributed by atoms with van der Waals surface area (Å²) in [5.41, 5.74) is 0. The van der Waals surface area contributed by atoms with Gasteiger partial charge in [0, 0.05) is 13.2 Å². The fourth-order valence-electron chi connectivity index (χ4n) is 1.96. The highest BCUT2D eigenvalue weighted by atomic mass is 16.5. The minimum absolute atomic E-state index is 0.241. The Hall–Kier alpha value is -0.200. The van der Waals surface area contributed by atoms with Crippen LogP contribution < -0.4 is 5.32 Å². The van der Waals surface area contributed by atoms with Gasteiger partial charge in [0.1, 0.15) is 0 Å². The molecule has 0 aliphatic carbocycles. The van der Waals surface area contributed by atoms with Crippen LogP contribution in [0.2, 0.25) is 0 Å². The highest BCUT2D eigenvalue weighted by Gasteiger charge is 2.15. The second-order valence-electron chi connectivity index (χ2n) is 5.19. The number of hydrogen-bond donors (Lipinski definition) is 2. The van der Waals surface area contributed by atoms with Crippen LogP contribution >= 0.6 is 0 Å². The van der Waals surface area contributed by atoms with E-state index in [9.17, 15) is 5.11 Å². The lowest BCUT2D eigenvalue weighted by atomic mass is 10.2. The summed E-state index contributed by atoms with van der Waals surface area (Å²) in [4.78, 5) is 2.16. The van der Waals surface area contributed by atoms with E-state index < -0.39 is 6.10 Å². The fraction of sp³-hybridized carbons (Fsp3) is 1.00. The SMILES string of the molecule is CN(C)CCCNCC(O)COCC1CCCO1. The van der Waals surface area contributed by atoms with Gasteiger partial charge in [0.2, 0.25) is 0 Å². The molecule has 1 heterocycles. The van der Waals surface area contributed by atoms with Crippen molar-refractivity contribution in [2.75, 3.05) is 53.6 Å². The van der Waals surface area contributed by atoms with Gasteiger partial charge in [0.15, 0.2) is 0 Å². The first-order chi connectivity index (χ1) is 8.68. The minimum Gasteiger partial charge on any atom is -0.389 e. The molecule has 5 heteroatoms. The molecule has 0 saturated carbocycles. The summed E-state index contributed by atoms with van der Waals surface area (Å²) in [5.74, 6) is 0. The van der Waals surface area contributed by atoms with E-state index in [1.54, 1.807) is 0 Å². The van der Waals surface area contributed by atoms with Crippen LogP contribution in [-0.4, -0.2) is 75.8 Å². The predicted octanol–water partition coefficient (Wildman–Crippen LogP) is 0.0842. The van der Waals surface area contributed by atoms with E-state index in [1.165, 1.54) is 0 Å². The maximum atomic E-state index is 9.69. The zero-order valence-electron chi connectivity index (χ0n) is 11.7. The molecule has 0 radical (unpaired) electrons. The quantitative estimate of drug-likeness (QED) is 0.545. The van der Waals surface area contributed by atoms with Gasteiger partial charge in [-0.1, -0.05) is 0 Å². The van der Waals surface area contributed by atoms with Crippen LogP contribution in [0.3, 0.4) is 0 Å². The second kappa shape index (κ2) is 9.69. The Morgan fingerprint density at radius 3 is 3.00 bits per heavy atom. The van der Waals surface area contributed by atoms with Gasteiger partial charge in [-0.05, 0) is 46.4 Å². The Morgan fingerprint density at radius 2 is 2.33 bits per heavy atom. The molecule has 1 rings (SSSR count). The number of hydrogen-bond acceptors (Lipinski definition) is 5. The summed E-state index contributed by atoms with van der Waals surface area (Å²) in [6.45, 7) is 4.45. The summed E-state index contributed by atoms with van der Waals surface area (Å²) in [5, 5.41) is 12.9. The van der Waals surface area contributed by atoms with E-state index in [4.69, 9.17) is 9.47 Å². The monoisotopic (exact) mass is 260 g/mol. The first-order valence-electron chi connectivity index (χ1n) is 6.91. The van der Waals surface area contributed by atoms with Crippen LogP contribution in [0.1, 0.15) is 19.3 Å². The Kier molecular flexibility index (Phi) is 8.54. The van der Waals surface area contributed by atoms with Crippen molar-refractivity contribution in [1.29, 1.82) is 0 Å². The zero-order valence-corrected chi connectivity index (χ0v) is 11.7. The second-order valence-corrected chi connectivity index (χ2v) is 5.19. The summed E-state index contributed by atoms with van der Waals surface area (Å²) in [6, 6.07) is 0. The van der Waals surface area contributed by atoms with Crippen LogP contribution in [0.15, 0.2) is 0 Å². The lowest BCUT2D eigenvalue weighted by Crippen LogP contribution is -2.32. The Morgan fingerprint density at radius 1 is 1.50 bits per heavy atom. The van der Waals surface area contributed by atoms with Crippen molar-refractivity contribution in [3.63, 3.8) is 0 Å². The Bertz CT molecular complexity index is 197. The molecule has 1 fully saturated rings. The van der Waals surface area contributed by atoms with Gasteiger partial charge in [0.05, 0.1) is 25.4 Å². The highest BCUT2D eigenvalue weighted by Crippen LogP contribution is 2.11. The zero-order chi connectivity index (χ0) is 13.2. The van der Waals surface area contributed by atoms with Gasteiger partial charge in [-0.2, -0.15) is 0 Å². The van der Waals surface area contributed by atoms with E-state index in [1.807, 2.05) is 0 Å². The van der Waals surface area contributed by atoms with Crippen LogP contribution in [0.25, 0.3) is 0 Å². The van der Waals surface area contributed by atoms with Crippen LogP contribution in [0.4, 0.5) is 0 Å². The van der Waals surface area contributed by atoms with Crippen molar-refractivity contribution in [2.24, 2.45) is 0 Å². The molecule has 108 valence electrons. The van der Waals surface area contributed by atoms with E-state index in [0.717, 1.165) is 39.0 Å². The molecule has 18 heavy (non-hydrogen) atoms. The number of aliphatic hydroxyl groups excluding tert-OH is 1. The number of aliphatic hydroxyl groups is 1. The Balaban J connectivity index is 1.85. The van der Waals surface area contributed by atoms with E-state index >= 15 is 0 Å². The molecular weight excluding hydrogens is 232 g/mol. The maximum Gasteiger partial charge on any atom is 0.0897 e. The molecule has 0 aromatic heterocycles. The molecule has 0 bridgehead atoms. The fourth-order valence-corrected chi connectivity index (χ4v) is 1.96. The van der Waals surface area contributed by atoms with Crippen LogP contribution in [-0.2, 0) is 9.47 Å². The van der Waals surface area contributed by atoms with Gasteiger partial charge in [-0.25, -0.2) is 0 Å². The van der Waals surface area contributed by atoms with Crippen molar-refractivity contribution in [3.8, 4) is 0 Å². The third-order valence-corrected chi connectivity index (χ3v) is 2.98. The van der Waals surface area contributed by atoms with Crippen molar-refractivity contribution >= 4 is 0 Å². The van der Waals surface area contributed by atoms with Gasteiger partial charge in [-0.3, -0.25) is 0 Å². The average molecular weight is 260 g/mol. The predicted molar refractivity (Wildman–Crippen MR) is 71.8 cm³/mol. The Labute approximate surface area is 110 Å². The molecule has 2 N–H and O–H groups in total. The highest BCUT2D eigenvalue weighted by molar-refractivity contribution is 4.65. The van der Waals surface area contributed by atoms with Gasteiger partial charge in [0.25, 0.3) is 0 Å². The van der Waals surface area contributed by atoms with Crippen molar-refractivity contribution < 1.29 is 14.6 Å². The van der Waals surface area contributed by atoms with Crippen LogP contribution in [0.5, 0.6) is 0 Å².